The fraction of sp³-hybridized carbons (Fsp3) is 0.222. The highest BCUT2D eigenvalue weighted by Gasteiger charge is 2.24. The van der Waals surface area contributed by atoms with Crippen LogP contribution in [0.3, 0.4) is 0 Å². The maximum atomic E-state index is 12.4. The first kappa shape index (κ1) is 54.3. The molecule has 0 bridgehead atoms. The van der Waals surface area contributed by atoms with E-state index in [2.05, 4.69) is 46.7 Å². The lowest BCUT2D eigenvalue weighted by Gasteiger charge is -2.12. The number of aryl methyl sites for hydroxylation is 3. The van der Waals surface area contributed by atoms with Gasteiger partial charge < -0.3 is 9.84 Å². The number of pyridine rings is 1. The van der Waals surface area contributed by atoms with Crippen molar-refractivity contribution in [3.8, 4) is 17.7 Å². The van der Waals surface area contributed by atoms with E-state index in [0.29, 0.717) is 27.1 Å². The SMILES string of the molecule is Cc1ccc2nc3c(C#N)c(C)c(N=Nc4cc(C)c(N=Nc5cc(C)c(N=Nc6nc7c(S(=O)(=O)O)cc8ccc(S(=O)(=O)O)cc8c7s6)cc5SCCCS(=O)(=O)O)cc4OCCCS(=O)(=O)O)c(O)n3c2c1. The molecule has 5 aromatic carbocycles. The van der Waals surface area contributed by atoms with Crippen LogP contribution < -0.4 is 4.74 Å². The van der Waals surface area contributed by atoms with E-state index in [4.69, 9.17) is 4.74 Å². The highest BCUT2D eigenvalue weighted by Crippen LogP contribution is 2.44. The maximum absolute atomic E-state index is 12.4. The smallest absolute Gasteiger partial charge is 0.296 e. The van der Waals surface area contributed by atoms with Crippen molar-refractivity contribution in [1.82, 2.24) is 14.4 Å². The van der Waals surface area contributed by atoms with E-state index in [0.717, 1.165) is 46.9 Å². The van der Waals surface area contributed by atoms with Crippen LogP contribution >= 0.6 is 23.1 Å². The molecular weight excluding hydrogens is 1100 g/mol. The van der Waals surface area contributed by atoms with E-state index in [1.165, 1.54) is 16.5 Å². The minimum atomic E-state index is -4.86. The zero-order valence-corrected chi connectivity index (χ0v) is 44.3. The molecule has 0 saturated heterocycles. The van der Waals surface area contributed by atoms with Crippen LogP contribution in [0.5, 0.6) is 11.6 Å². The summed E-state index contributed by atoms with van der Waals surface area (Å²) < 4.78 is 141. The Morgan fingerprint density at radius 2 is 1.37 bits per heavy atom. The molecule has 0 unspecified atom stereocenters. The van der Waals surface area contributed by atoms with Crippen molar-refractivity contribution in [3.63, 3.8) is 0 Å². The Labute approximate surface area is 435 Å². The molecule has 5 N–H and O–H groups in total. The van der Waals surface area contributed by atoms with E-state index < -0.39 is 61.8 Å². The Morgan fingerprint density at radius 1 is 0.720 bits per heavy atom. The van der Waals surface area contributed by atoms with Gasteiger partial charge in [-0.15, -0.1) is 37.3 Å². The number of thioether (sulfide) groups is 1. The Morgan fingerprint density at radius 3 is 2.05 bits per heavy atom. The lowest BCUT2D eigenvalue weighted by molar-refractivity contribution is 0.317. The topological polar surface area (TPSA) is 375 Å². The molecular formula is C45H40N10O14S6. The molecule has 0 saturated carbocycles. The summed E-state index contributed by atoms with van der Waals surface area (Å²) in [6.45, 7) is 6.56. The number of aromatic hydroxyl groups is 1. The molecule has 75 heavy (non-hydrogen) atoms. The number of hydrogen-bond acceptors (Lipinski definition) is 21. The van der Waals surface area contributed by atoms with Crippen LogP contribution in [0.15, 0.2) is 112 Å². The fourth-order valence-corrected chi connectivity index (χ4v) is 11.9. The summed E-state index contributed by atoms with van der Waals surface area (Å²) in [6.07, 6.45) is -0.106. The first-order valence-corrected chi connectivity index (χ1v) is 29.7. The van der Waals surface area contributed by atoms with Gasteiger partial charge in [-0.25, -0.2) is 9.97 Å². The molecule has 3 aromatic heterocycles. The van der Waals surface area contributed by atoms with Crippen molar-refractivity contribution < 1.29 is 61.7 Å². The molecule has 0 amide bonds. The number of nitriles is 1. The van der Waals surface area contributed by atoms with Crippen molar-refractivity contribution in [2.75, 3.05) is 23.9 Å². The second kappa shape index (κ2) is 21.0. The molecule has 30 heteroatoms. The number of benzene rings is 5. The first-order valence-electron chi connectivity index (χ1n) is 21.8. The normalized spacial score (nSPS) is 12.9. The number of azo groups is 3. The van der Waals surface area contributed by atoms with E-state index in [-0.39, 0.29) is 108 Å². The third kappa shape index (κ3) is 12.3. The van der Waals surface area contributed by atoms with Gasteiger partial charge in [0.15, 0.2) is 11.3 Å². The number of nitrogens with zero attached hydrogens (tertiary/aromatic N) is 10. The quantitative estimate of drug-likeness (QED) is 0.0231. The Kier molecular flexibility index (Phi) is 15.2. The van der Waals surface area contributed by atoms with Gasteiger partial charge in [0.25, 0.3) is 40.5 Å². The molecule has 24 nitrogen and oxygen atoms in total. The Bertz CT molecular complexity index is 4290. The van der Waals surface area contributed by atoms with E-state index in [1.807, 2.05) is 13.0 Å². The van der Waals surface area contributed by atoms with Crippen LogP contribution in [0.25, 0.3) is 37.7 Å². The monoisotopic (exact) mass is 1140 g/mol. The number of thiazole rings is 1. The number of hydrogen-bond donors (Lipinski definition) is 5. The fourth-order valence-electron chi connectivity index (χ4n) is 7.59. The second-order valence-electron chi connectivity index (χ2n) is 16.7. The zero-order valence-electron chi connectivity index (χ0n) is 39.4. The van der Waals surface area contributed by atoms with E-state index in [9.17, 15) is 62.3 Å². The maximum Gasteiger partial charge on any atom is 0.296 e. The van der Waals surface area contributed by atoms with Gasteiger partial charge in [0, 0.05) is 21.9 Å². The standard InChI is InChI=1S/C45H40N10O14S6/c1-23-7-10-31-36(15-23)55-43(47-31)30(22-46)26(4)40(44(55)56)53-51-34-16-24(2)32(20-37(34)69-11-5-13-72(57,58)59)49-52-35-17-25(3)33(21-38(35)70-12-6-14-73(60,61)62)50-54-45-48-41-39(75(66,67)68)18-27-8-9-28(74(63,64)65)19-29(27)42(41)71-45/h7-10,15-21,56H,5-6,11-14H2,1-4H3,(H,57,58,59)(H,60,61,62)(H,63,64,65)(H,66,67,68). The highest BCUT2D eigenvalue weighted by molar-refractivity contribution is 7.99. The van der Waals surface area contributed by atoms with Crippen LogP contribution in [0.2, 0.25) is 0 Å². The van der Waals surface area contributed by atoms with Crippen molar-refractivity contribution in [2.24, 2.45) is 30.7 Å². The number of ether oxygens (including phenoxy) is 1. The summed E-state index contributed by atoms with van der Waals surface area (Å²) in [4.78, 5) is 8.18. The van der Waals surface area contributed by atoms with Crippen molar-refractivity contribution >= 4 is 135 Å². The summed E-state index contributed by atoms with van der Waals surface area (Å²) in [5.74, 6) is -1.30. The summed E-state index contributed by atoms with van der Waals surface area (Å²) in [5, 5.41) is 48.4. The highest BCUT2D eigenvalue weighted by atomic mass is 32.2. The number of fused-ring (bicyclic) bond motifs is 6. The van der Waals surface area contributed by atoms with Crippen molar-refractivity contribution in [3.05, 3.63) is 94.5 Å². The molecule has 3 heterocycles. The molecule has 0 aliphatic rings. The summed E-state index contributed by atoms with van der Waals surface area (Å²) in [5.41, 5.74) is 4.07. The van der Waals surface area contributed by atoms with Crippen LogP contribution in [0.1, 0.15) is 40.7 Å². The second-order valence-corrected chi connectivity index (χ2v) is 24.8. The Hall–Kier alpha value is -6.92. The third-order valence-corrected chi connectivity index (χ3v) is 16.6. The Balaban J connectivity index is 1.17. The van der Waals surface area contributed by atoms with Gasteiger partial charge in [0.05, 0.1) is 55.8 Å². The molecule has 8 rings (SSSR count). The van der Waals surface area contributed by atoms with Crippen LogP contribution in [0.4, 0.5) is 33.6 Å². The van der Waals surface area contributed by atoms with Crippen LogP contribution in [-0.4, -0.2) is 95.2 Å². The summed E-state index contributed by atoms with van der Waals surface area (Å²) >= 11 is 1.96. The summed E-state index contributed by atoms with van der Waals surface area (Å²) in [6, 6.07) is 18.2. The van der Waals surface area contributed by atoms with E-state index >= 15 is 0 Å². The van der Waals surface area contributed by atoms with Gasteiger partial charge in [-0.1, -0.05) is 23.5 Å². The van der Waals surface area contributed by atoms with E-state index in [1.54, 1.807) is 51.1 Å². The predicted molar refractivity (Wildman–Crippen MR) is 278 cm³/mol. The minimum absolute atomic E-state index is 0.0227. The van der Waals surface area contributed by atoms with Crippen molar-refractivity contribution in [2.45, 2.75) is 55.2 Å². The molecule has 0 fully saturated rings. The lowest BCUT2D eigenvalue weighted by atomic mass is 10.1. The molecule has 0 aliphatic heterocycles. The zero-order chi connectivity index (χ0) is 54.4. The van der Waals surface area contributed by atoms with Gasteiger partial charge in [0.1, 0.15) is 33.5 Å². The number of rotatable bonds is 18. The third-order valence-electron chi connectivity index (χ3n) is 11.2. The number of imidazole rings is 1. The van der Waals surface area contributed by atoms with Gasteiger partial charge >= 0.3 is 0 Å². The molecule has 8 aromatic rings. The van der Waals surface area contributed by atoms with Crippen LogP contribution in [-0.2, 0) is 40.5 Å². The molecule has 390 valence electrons. The molecule has 0 spiro atoms. The van der Waals surface area contributed by atoms with Crippen LogP contribution in [0, 0.1) is 39.0 Å². The van der Waals surface area contributed by atoms with Gasteiger partial charge in [-0.3, -0.25) is 22.6 Å². The number of aromatic nitrogens is 3. The largest absolute Gasteiger partial charge is 0.493 e. The molecule has 0 aliphatic carbocycles. The van der Waals surface area contributed by atoms with Gasteiger partial charge in [-0.2, -0.15) is 44.0 Å². The minimum Gasteiger partial charge on any atom is -0.493 e. The van der Waals surface area contributed by atoms with Gasteiger partial charge in [0.2, 0.25) is 11.0 Å². The van der Waals surface area contributed by atoms with Crippen molar-refractivity contribution in [1.29, 1.82) is 5.26 Å². The summed E-state index contributed by atoms with van der Waals surface area (Å²) in [7, 11) is -18.2. The predicted octanol–water partition coefficient (Wildman–Crippen LogP) is 10.8. The van der Waals surface area contributed by atoms with Gasteiger partial charge in [-0.05, 0) is 117 Å². The lowest BCUT2D eigenvalue weighted by Crippen LogP contribution is -2.08. The average Bonchev–Trinajstić information content (AvgIpc) is 3.92. The molecule has 0 atom stereocenters. The molecule has 0 radical (unpaired) electrons. The average molecular weight is 1140 g/mol. The first-order chi connectivity index (χ1) is 35.2.